The zero-order chi connectivity index (χ0) is 16.4. The minimum Gasteiger partial charge on any atom is -0.340 e. The molecule has 3 rings (SSSR count). The number of anilines is 3. The Morgan fingerprint density at radius 1 is 1.09 bits per heavy atom. The first-order valence-electron chi connectivity index (χ1n) is 7.84. The van der Waals surface area contributed by atoms with Gasteiger partial charge in [0.15, 0.2) is 0 Å². The second-order valence-corrected chi connectivity index (χ2v) is 6.43. The van der Waals surface area contributed by atoms with Crippen LogP contribution in [0.3, 0.4) is 0 Å². The molecule has 0 unspecified atom stereocenters. The van der Waals surface area contributed by atoms with Gasteiger partial charge in [0.25, 0.3) is 0 Å². The highest BCUT2D eigenvalue weighted by molar-refractivity contribution is 6.31. The van der Waals surface area contributed by atoms with E-state index >= 15 is 0 Å². The highest BCUT2D eigenvalue weighted by atomic mass is 35.5. The van der Waals surface area contributed by atoms with Crippen molar-refractivity contribution >= 4 is 29.1 Å². The summed E-state index contributed by atoms with van der Waals surface area (Å²) in [6, 6.07) is 7.80. The number of rotatable bonds is 3. The summed E-state index contributed by atoms with van der Waals surface area (Å²) in [5.41, 5.74) is 2.95. The average molecular weight is 332 g/mol. The van der Waals surface area contributed by atoms with Crippen molar-refractivity contribution in [2.24, 2.45) is 0 Å². The van der Waals surface area contributed by atoms with Gasteiger partial charge >= 0.3 is 0 Å². The highest BCUT2D eigenvalue weighted by Crippen LogP contribution is 2.26. The molecule has 2 heterocycles. The smallest absolute Gasteiger partial charge is 0.227 e. The Hall–Kier alpha value is -1.85. The molecular formula is C17H22ClN5. The lowest BCUT2D eigenvalue weighted by Gasteiger charge is -2.32. The van der Waals surface area contributed by atoms with Crippen molar-refractivity contribution in [2.75, 3.05) is 43.4 Å². The molecule has 0 bridgehead atoms. The summed E-state index contributed by atoms with van der Waals surface area (Å²) in [5.74, 6) is 1.59. The van der Waals surface area contributed by atoms with Crippen LogP contribution in [-0.2, 0) is 0 Å². The van der Waals surface area contributed by atoms with Crippen LogP contribution < -0.4 is 10.2 Å². The third-order valence-corrected chi connectivity index (χ3v) is 4.57. The number of piperazine rings is 1. The molecule has 0 amide bonds. The van der Waals surface area contributed by atoms with Crippen LogP contribution in [0.1, 0.15) is 11.3 Å². The van der Waals surface area contributed by atoms with Crippen LogP contribution in [0.4, 0.5) is 17.5 Å². The normalized spacial score (nSPS) is 15.7. The van der Waals surface area contributed by atoms with Gasteiger partial charge in [-0.1, -0.05) is 17.7 Å². The van der Waals surface area contributed by atoms with Gasteiger partial charge in [-0.2, -0.15) is 4.98 Å². The number of hydrogen-bond acceptors (Lipinski definition) is 5. The van der Waals surface area contributed by atoms with Crippen LogP contribution in [-0.4, -0.2) is 48.1 Å². The van der Waals surface area contributed by atoms with Crippen LogP contribution in [0.5, 0.6) is 0 Å². The van der Waals surface area contributed by atoms with E-state index in [-0.39, 0.29) is 0 Å². The van der Waals surface area contributed by atoms with E-state index in [0.717, 1.165) is 59.9 Å². The SMILES string of the molecule is Cc1cc(Nc2cccc(Cl)c2C)nc(N2CCN(C)CC2)n1. The molecule has 122 valence electrons. The van der Waals surface area contributed by atoms with Crippen molar-refractivity contribution in [3.05, 3.63) is 40.5 Å². The fourth-order valence-corrected chi connectivity index (χ4v) is 2.82. The molecule has 0 saturated carbocycles. The Balaban J connectivity index is 1.84. The summed E-state index contributed by atoms with van der Waals surface area (Å²) >= 11 is 6.19. The largest absolute Gasteiger partial charge is 0.340 e. The Kier molecular flexibility index (Phi) is 4.68. The Morgan fingerprint density at radius 3 is 2.57 bits per heavy atom. The summed E-state index contributed by atoms with van der Waals surface area (Å²) in [7, 11) is 2.14. The zero-order valence-electron chi connectivity index (χ0n) is 13.8. The van der Waals surface area contributed by atoms with Gasteiger partial charge < -0.3 is 15.1 Å². The van der Waals surface area contributed by atoms with Crippen molar-refractivity contribution in [1.29, 1.82) is 0 Å². The summed E-state index contributed by atoms with van der Waals surface area (Å²) in [4.78, 5) is 13.8. The maximum Gasteiger partial charge on any atom is 0.227 e. The summed E-state index contributed by atoms with van der Waals surface area (Å²) in [6.45, 7) is 7.98. The number of hydrogen-bond donors (Lipinski definition) is 1. The van der Waals surface area contributed by atoms with Gasteiger partial charge in [-0.05, 0) is 38.6 Å². The molecule has 5 nitrogen and oxygen atoms in total. The molecular weight excluding hydrogens is 310 g/mol. The van der Waals surface area contributed by atoms with Crippen LogP contribution >= 0.6 is 11.6 Å². The number of nitrogens with one attached hydrogen (secondary N) is 1. The van der Waals surface area contributed by atoms with Crippen molar-refractivity contribution in [2.45, 2.75) is 13.8 Å². The molecule has 23 heavy (non-hydrogen) atoms. The van der Waals surface area contributed by atoms with E-state index in [1.165, 1.54) is 0 Å². The first-order valence-corrected chi connectivity index (χ1v) is 8.22. The number of halogens is 1. The van der Waals surface area contributed by atoms with E-state index in [1.807, 2.05) is 38.1 Å². The number of benzene rings is 1. The monoisotopic (exact) mass is 331 g/mol. The highest BCUT2D eigenvalue weighted by Gasteiger charge is 2.17. The van der Waals surface area contributed by atoms with E-state index in [9.17, 15) is 0 Å². The quantitative estimate of drug-likeness (QED) is 0.935. The standard InChI is InChI=1S/C17H22ClN5/c1-12-11-16(20-15-6-4-5-14(18)13(15)2)21-17(19-12)23-9-7-22(3)8-10-23/h4-6,11H,7-10H2,1-3H3,(H,19,20,21). The lowest BCUT2D eigenvalue weighted by molar-refractivity contribution is 0.311. The van der Waals surface area contributed by atoms with Crippen LogP contribution in [0.25, 0.3) is 0 Å². The van der Waals surface area contributed by atoms with Gasteiger partial charge in [-0.3, -0.25) is 0 Å². The van der Waals surface area contributed by atoms with Gasteiger partial charge in [0, 0.05) is 48.6 Å². The number of nitrogens with zero attached hydrogens (tertiary/aromatic N) is 4. The number of aryl methyl sites for hydroxylation is 1. The molecule has 1 fully saturated rings. The van der Waals surface area contributed by atoms with Crippen LogP contribution in [0, 0.1) is 13.8 Å². The molecule has 0 spiro atoms. The second-order valence-electron chi connectivity index (χ2n) is 6.02. The fourth-order valence-electron chi connectivity index (χ4n) is 2.65. The third-order valence-electron chi connectivity index (χ3n) is 4.16. The molecule has 2 aromatic rings. The lowest BCUT2D eigenvalue weighted by atomic mass is 10.2. The van der Waals surface area contributed by atoms with Crippen LogP contribution in [0.15, 0.2) is 24.3 Å². The minimum absolute atomic E-state index is 0.750. The van der Waals surface area contributed by atoms with Gasteiger partial charge in [0.05, 0.1) is 0 Å². The van der Waals surface area contributed by atoms with Crippen molar-refractivity contribution in [3.8, 4) is 0 Å². The average Bonchev–Trinajstić information content (AvgIpc) is 2.52. The number of aromatic nitrogens is 2. The minimum atomic E-state index is 0.750. The van der Waals surface area contributed by atoms with Gasteiger partial charge in [-0.15, -0.1) is 0 Å². The Bertz CT molecular complexity index is 695. The molecule has 1 N–H and O–H groups in total. The topological polar surface area (TPSA) is 44.3 Å². The molecule has 6 heteroatoms. The van der Waals surface area contributed by atoms with Crippen molar-refractivity contribution in [3.63, 3.8) is 0 Å². The van der Waals surface area contributed by atoms with E-state index in [4.69, 9.17) is 16.6 Å². The molecule has 1 aromatic carbocycles. The van der Waals surface area contributed by atoms with E-state index in [1.54, 1.807) is 0 Å². The molecule has 1 aliphatic rings. The number of likely N-dealkylation sites (N-methyl/N-ethyl adjacent to an activating group) is 1. The molecule has 1 aromatic heterocycles. The Labute approximate surface area is 142 Å². The summed E-state index contributed by atoms with van der Waals surface area (Å²) in [6.07, 6.45) is 0. The lowest BCUT2D eigenvalue weighted by Crippen LogP contribution is -2.45. The van der Waals surface area contributed by atoms with E-state index in [0.29, 0.717) is 0 Å². The van der Waals surface area contributed by atoms with E-state index in [2.05, 4.69) is 27.1 Å². The molecule has 1 aliphatic heterocycles. The maximum absolute atomic E-state index is 6.19. The summed E-state index contributed by atoms with van der Waals surface area (Å²) in [5, 5.41) is 4.12. The molecule has 0 aliphatic carbocycles. The third kappa shape index (κ3) is 3.74. The fraction of sp³-hybridized carbons (Fsp3) is 0.412. The maximum atomic E-state index is 6.19. The van der Waals surface area contributed by atoms with Crippen LogP contribution in [0.2, 0.25) is 5.02 Å². The zero-order valence-corrected chi connectivity index (χ0v) is 14.6. The first-order chi connectivity index (χ1) is 11.0. The van der Waals surface area contributed by atoms with Crippen molar-refractivity contribution in [1.82, 2.24) is 14.9 Å². The molecule has 1 saturated heterocycles. The van der Waals surface area contributed by atoms with Gasteiger partial charge in [0.1, 0.15) is 5.82 Å². The van der Waals surface area contributed by atoms with Crippen molar-refractivity contribution < 1.29 is 0 Å². The predicted octanol–water partition coefficient (Wildman–Crippen LogP) is 3.24. The first kappa shape index (κ1) is 16.0. The molecule has 0 radical (unpaired) electrons. The van der Waals surface area contributed by atoms with Gasteiger partial charge in [-0.25, -0.2) is 4.98 Å². The Morgan fingerprint density at radius 2 is 1.83 bits per heavy atom. The predicted molar refractivity (Wildman–Crippen MR) is 96.0 cm³/mol. The molecule has 0 atom stereocenters. The summed E-state index contributed by atoms with van der Waals surface area (Å²) < 4.78 is 0. The second kappa shape index (κ2) is 6.72. The van der Waals surface area contributed by atoms with Gasteiger partial charge in [0.2, 0.25) is 5.95 Å². The van der Waals surface area contributed by atoms with E-state index < -0.39 is 0 Å².